The van der Waals surface area contributed by atoms with Crippen LogP contribution < -0.4 is 5.73 Å². The molecule has 0 saturated heterocycles. The maximum Gasteiger partial charge on any atom is 0.111 e. The third-order valence-corrected chi connectivity index (χ3v) is 5.06. The maximum atomic E-state index is 6.26. The zero-order valence-electron chi connectivity index (χ0n) is 11.5. The smallest absolute Gasteiger partial charge is 0.111 e. The Morgan fingerprint density at radius 2 is 2.00 bits per heavy atom. The van der Waals surface area contributed by atoms with Crippen LogP contribution in [0.4, 0.5) is 0 Å². The first kappa shape index (κ1) is 12.8. The summed E-state index contributed by atoms with van der Waals surface area (Å²) in [7, 11) is 0. The maximum absolute atomic E-state index is 6.26. The number of fused-ring (bicyclic) bond motifs is 3. The van der Waals surface area contributed by atoms with Crippen molar-refractivity contribution in [3.05, 3.63) is 39.7 Å². The number of hydrogen-bond acceptors (Lipinski definition) is 3. The van der Waals surface area contributed by atoms with Gasteiger partial charge in [-0.2, -0.15) is 0 Å². The van der Waals surface area contributed by atoms with Crippen molar-refractivity contribution in [1.82, 2.24) is 4.98 Å². The van der Waals surface area contributed by atoms with Gasteiger partial charge >= 0.3 is 0 Å². The topological polar surface area (TPSA) is 38.9 Å². The molecule has 1 atom stereocenters. The highest BCUT2D eigenvalue weighted by atomic mass is 32.1. The van der Waals surface area contributed by atoms with Crippen molar-refractivity contribution >= 4 is 11.3 Å². The van der Waals surface area contributed by atoms with Gasteiger partial charge in [-0.05, 0) is 30.7 Å². The van der Waals surface area contributed by atoms with Crippen LogP contribution >= 0.6 is 11.3 Å². The van der Waals surface area contributed by atoms with Gasteiger partial charge in [-0.3, -0.25) is 0 Å². The highest BCUT2D eigenvalue weighted by Gasteiger charge is 2.22. The van der Waals surface area contributed by atoms with Crippen LogP contribution in [0.25, 0.3) is 11.3 Å². The molecule has 1 heterocycles. The molecule has 0 spiro atoms. The zero-order chi connectivity index (χ0) is 13.4. The highest BCUT2D eigenvalue weighted by Crippen LogP contribution is 2.37. The van der Waals surface area contributed by atoms with Crippen molar-refractivity contribution in [2.45, 2.75) is 39.2 Å². The molecule has 3 heteroatoms. The van der Waals surface area contributed by atoms with E-state index in [1.165, 1.54) is 28.1 Å². The Balaban J connectivity index is 2.09. The fraction of sp³-hybridized carbons (Fsp3) is 0.438. The van der Waals surface area contributed by atoms with Gasteiger partial charge in [0.15, 0.2) is 0 Å². The van der Waals surface area contributed by atoms with Crippen LogP contribution in [0, 0.1) is 5.92 Å². The van der Waals surface area contributed by atoms with Crippen molar-refractivity contribution in [3.8, 4) is 11.3 Å². The summed E-state index contributed by atoms with van der Waals surface area (Å²) >= 11 is 1.81. The van der Waals surface area contributed by atoms with Gasteiger partial charge in [0.2, 0.25) is 0 Å². The van der Waals surface area contributed by atoms with Crippen LogP contribution in [0.2, 0.25) is 0 Å². The Morgan fingerprint density at radius 3 is 2.79 bits per heavy atom. The first-order valence-electron chi connectivity index (χ1n) is 7.00. The predicted octanol–water partition coefficient (Wildman–Crippen LogP) is 3.95. The summed E-state index contributed by atoms with van der Waals surface area (Å²) in [5.74, 6) is 0.435. The number of aromatic nitrogens is 1. The molecule has 0 fully saturated rings. The molecule has 1 aromatic carbocycles. The summed E-state index contributed by atoms with van der Waals surface area (Å²) in [6, 6.07) is 8.71. The molecule has 0 aliphatic heterocycles. The van der Waals surface area contributed by atoms with Gasteiger partial charge in [0, 0.05) is 10.4 Å². The molecule has 3 rings (SSSR count). The van der Waals surface area contributed by atoms with Crippen LogP contribution in [0.3, 0.4) is 0 Å². The van der Waals surface area contributed by atoms with Crippen molar-refractivity contribution < 1.29 is 0 Å². The summed E-state index contributed by atoms with van der Waals surface area (Å²) in [5, 5.41) is 1.09. The molecule has 2 aromatic rings. The van der Waals surface area contributed by atoms with E-state index in [-0.39, 0.29) is 6.04 Å². The summed E-state index contributed by atoms with van der Waals surface area (Å²) in [4.78, 5) is 6.28. The van der Waals surface area contributed by atoms with Crippen molar-refractivity contribution in [2.75, 3.05) is 0 Å². The molecule has 1 aliphatic rings. The first-order valence-corrected chi connectivity index (χ1v) is 7.82. The van der Waals surface area contributed by atoms with Gasteiger partial charge in [0.1, 0.15) is 5.01 Å². The van der Waals surface area contributed by atoms with Crippen molar-refractivity contribution in [1.29, 1.82) is 0 Å². The number of aryl methyl sites for hydroxylation is 2. The van der Waals surface area contributed by atoms with Crippen LogP contribution in [0.5, 0.6) is 0 Å². The lowest BCUT2D eigenvalue weighted by Crippen LogP contribution is -2.16. The van der Waals surface area contributed by atoms with E-state index in [0.717, 1.165) is 17.8 Å². The second kappa shape index (κ2) is 5.06. The van der Waals surface area contributed by atoms with Crippen LogP contribution in [0.1, 0.15) is 41.8 Å². The van der Waals surface area contributed by atoms with E-state index in [1.54, 1.807) is 0 Å². The van der Waals surface area contributed by atoms with E-state index in [4.69, 9.17) is 10.7 Å². The van der Waals surface area contributed by atoms with Crippen LogP contribution in [-0.4, -0.2) is 4.98 Å². The normalized spacial score (nSPS) is 15.8. The Hall–Kier alpha value is -1.19. The minimum absolute atomic E-state index is 0.0593. The van der Waals surface area contributed by atoms with E-state index < -0.39 is 0 Å². The van der Waals surface area contributed by atoms with Crippen LogP contribution in [-0.2, 0) is 12.8 Å². The minimum Gasteiger partial charge on any atom is -0.322 e. The Bertz CT molecular complexity index is 586. The van der Waals surface area contributed by atoms with E-state index in [9.17, 15) is 0 Å². The van der Waals surface area contributed by atoms with Crippen LogP contribution in [0.15, 0.2) is 24.3 Å². The molecule has 1 aliphatic carbocycles. The summed E-state index contributed by atoms with van der Waals surface area (Å²) < 4.78 is 0. The fourth-order valence-corrected chi connectivity index (χ4v) is 3.88. The highest BCUT2D eigenvalue weighted by molar-refractivity contribution is 7.12. The number of rotatable bonds is 2. The number of thiazole rings is 1. The molecule has 1 unspecified atom stereocenters. The summed E-state index contributed by atoms with van der Waals surface area (Å²) in [6.07, 6.45) is 3.50. The molecule has 1 aromatic heterocycles. The summed E-state index contributed by atoms with van der Waals surface area (Å²) in [5.41, 5.74) is 10.2. The molecule has 100 valence electrons. The molecular weight excluding hydrogens is 252 g/mol. The largest absolute Gasteiger partial charge is 0.322 e. The molecule has 19 heavy (non-hydrogen) atoms. The average molecular weight is 272 g/mol. The SMILES string of the molecule is CC(C)C(N)c1nc2c(s1)CCCc1ccccc1-2. The predicted molar refractivity (Wildman–Crippen MR) is 81.3 cm³/mol. The van der Waals surface area contributed by atoms with E-state index in [0.29, 0.717) is 5.92 Å². The third kappa shape index (κ3) is 2.33. The lowest BCUT2D eigenvalue weighted by atomic mass is 10.0. The molecule has 2 nitrogen and oxygen atoms in total. The lowest BCUT2D eigenvalue weighted by molar-refractivity contribution is 0.512. The van der Waals surface area contributed by atoms with Gasteiger partial charge in [-0.15, -0.1) is 11.3 Å². The minimum atomic E-state index is 0.0593. The van der Waals surface area contributed by atoms with E-state index in [2.05, 4.69) is 38.1 Å². The molecule has 0 bridgehead atoms. The molecule has 0 radical (unpaired) electrons. The number of hydrogen-bond donors (Lipinski definition) is 1. The zero-order valence-corrected chi connectivity index (χ0v) is 12.3. The van der Waals surface area contributed by atoms with Gasteiger partial charge in [-0.25, -0.2) is 4.98 Å². The second-order valence-corrected chi connectivity index (χ2v) is 6.72. The van der Waals surface area contributed by atoms with Gasteiger partial charge in [0.05, 0.1) is 11.7 Å². The standard InChI is InChI=1S/C16H20N2S/c1-10(2)14(17)16-18-15-12-8-4-3-6-11(12)7-5-9-13(15)19-16/h3-4,6,8,10,14H,5,7,9,17H2,1-2H3. The van der Waals surface area contributed by atoms with E-state index >= 15 is 0 Å². The Labute approximate surface area is 118 Å². The Morgan fingerprint density at radius 1 is 1.21 bits per heavy atom. The van der Waals surface area contributed by atoms with Gasteiger partial charge < -0.3 is 5.73 Å². The van der Waals surface area contributed by atoms with E-state index in [1.807, 2.05) is 11.3 Å². The number of nitrogens with two attached hydrogens (primary N) is 1. The number of nitrogens with zero attached hydrogens (tertiary/aromatic N) is 1. The quantitative estimate of drug-likeness (QED) is 0.899. The average Bonchev–Trinajstić information content (AvgIpc) is 2.75. The lowest BCUT2D eigenvalue weighted by Gasteiger charge is -2.12. The van der Waals surface area contributed by atoms with Crippen molar-refractivity contribution in [3.63, 3.8) is 0 Å². The fourth-order valence-electron chi connectivity index (χ4n) is 2.59. The van der Waals surface area contributed by atoms with Crippen molar-refractivity contribution in [2.24, 2.45) is 11.7 Å². The Kier molecular flexibility index (Phi) is 3.42. The van der Waals surface area contributed by atoms with Gasteiger partial charge in [0.25, 0.3) is 0 Å². The molecular formula is C16H20N2S. The monoisotopic (exact) mass is 272 g/mol. The molecule has 2 N–H and O–H groups in total. The first-order chi connectivity index (χ1) is 9.16. The van der Waals surface area contributed by atoms with Gasteiger partial charge in [-0.1, -0.05) is 38.1 Å². The molecule has 0 amide bonds. The molecule has 0 saturated carbocycles. The third-order valence-electron chi connectivity index (χ3n) is 3.84. The summed E-state index contributed by atoms with van der Waals surface area (Å²) in [6.45, 7) is 4.32. The second-order valence-electron chi connectivity index (χ2n) is 5.60. The number of benzene rings is 1.